The Balaban J connectivity index is 1.75. The highest BCUT2D eigenvalue weighted by Gasteiger charge is 2.49. The van der Waals surface area contributed by atoms with E-state index in [0.717, 1.165) is 5.69 Å². The third kappa shape index (κ3) is 2.86. The van der Waals surface area contributed by atoms with Crippen LogP contribution in [0.4, 0.5) is 5.69 Å². The van der Waals surface area contributed by atoms with Crippen LogP contribution < -0.4 is 11.1 Å². The molecule has 0 radical (unpaired) electrons. The summed E-state index contributed by atoms with van der Waals surface area (Å²) in [6, 6.07) is 7.26. The molecule has 1 amide bonds. The summed E-state index contributed by atoms with van der Waals surface area (Å²) in [5, 5.41) is 3.94. The van der Waals surface area contributed by atoms with Gasteiger partial charge in [0.05, 0.1) is 13.2 Å². The van der Waals surface area contributed by atoms with Crippen molar-refractivity contribution < 1.29 is 14.3 Å². The SMILES string of the molecule is NC(=O)C1(Nc2ccc(Cl)cc2)CCC2(CC1)OCCO2. The molecule has 1 aliphatic heterocycles. The Morgan fingerprint density at radius 2 is 1.67 bits per heavy atom. The second kappa shape index (κ2) is 5.48. The van der Waals surface area contributed by atoms with Crippen LogP contribution in [0.15, 0.2) is 24.3 Å². The average molecular weight is 311 g/mol. The van der Waals surface area contributed by atoms with E-state index in [2.05, 4.69) is 5.32 Å². The van der Waals surface area contributed by atoms with Gasteiger partial charge in [0, 0.05) is 23.6 Å². The zero-order chi connectivity index (χ0) is 14.9. The largest absolute Gasteiger partial charge is 0.371 e. The second-order valence-electron chi connectivity index (χ2n) is 5.69. The Kier molecular flexibility index (Phi) is 3.82. The fraction of sp³-hybridized carbons (Fsp3) is 0.533. The molecule has 1 saturated heterocycles. The topological polar surface area (TPSA) is 73.6 Å². The molecule has 21 heavy (non-hydrogen) atoms. The first-order valence-electron chi connectivity index (χ1n) is 7.15. The minimum absolute atomic E-state index is 0.342. The molecule has 5 nitrogen and oxygen atoms in total. The van der Waals surface area contributed by atoms with Crippen LogP contribution in [0.25, 0.3) is 0 Å². The number of hydrogen-bond acceptors (Lipinski definition) is 4. The van der Waals surface area contributed by atoms with Crippen LogP contribution in [0.3, 0.4) is 0 Å². The van der Waals surface area contributed by atoms with E-state index in [1.165, 1.54) is 0 Å². The van der Waals surface area contributed by atoms with Crippen LogP contribution in [0, 0.1) is 0 Å². The summed E-state index contributed by atoms with van der Waals surface area (Å²) in [6.45, 7) is 1.24. The van der Waals surface area contributed by atoms with Gasteiger partial charge in [0.15, 0.2) is 5.79 Å². The van der Waals surface area contributed by atoms with Gasteiger partial charge in [-0.15, -0.1) is 0 Å². The first kappa shape index (κ1) is 14.6. The molecule has 1 aromatic rings. The summed E-state index contributed by atoms with van der Waals surface area (Å²) in [5.74, 6) is -0.856. The van der Waals surface area contributed by atoms with Crippen LogP contribution >= 0.6 is 11.6 Å². The molecular formula is C15H19ClN2O3. The molecule has 0 atom stereocenters. The van der Waals surface area contributed by atoms with Crippen molar-refractivity contribution in [2.75, 3.05) is 18.5 Å². The summed E-state index contributed by atoms with van der Waals surface area (Å²) in [4.78, 5) is 12.0. The van der Waals surface area contributed by atoms with Crippen molar-refractivity contribution in [2.24, 2.45) is 5.73 Å². The van der Waals surface area contributed by atoms with Gasteiger partial charge < -0.3 is 20.5 Å². The third-order valence-corrected chi connectivity index (χ3v) is 4.63. The maximum atomic E-state index is 12.0. The summed E-state index contributed by atoms with van der Waals surface area (Å²) < 4.78 is 11.4. The van der Waals surface area contributed by atoms with Crippen LogP contribution in [0.1, 0.15) is 25.7 Å². The molecule has 1 saturated carbocycles. The number of ether oxygens (including phenoxy) is 2. The number of amides is 1. The lowest BCUT2D eigenvalue weighted by molar-refractivity contribution is -0.183. The number of hydrogen-bond donors (Lipinski definition) is 2. The van der Waals surface area contributed by atoms with E-state index in [-0.39, 0.29) is 5.91 Å². The van der Waals surface area contributed by atoms with Crippen molar-refractivity contribution in [1.82, 2.24) is 0 Å². The van der Waals surface area contributed by atoms with Crippen molar-refractivity contribution in [2.45, 2.75) is 37.0 Å². The molecule has 114 valence electrons. The Hall–Kier alpha value is -1.30. The van der Waals surface area contributed by atoms with Gasteiger partial charge in [-0.05, 0) is 37.1 Å². The molecule has 3 rings (SSSR count). The predicted molar refractivity (Wildman–Crippen MR) is 80.1 cm³/mol. The maximum Gasteiger partial charge on any atom is 0.243 e. The zero-order valence-corrected chi connectivity index (χ0v) is 12.5. The lowest BCUT2D eigenvalue weighted by Crippen LogP contribution is -2.55. The average Bonchev–Trinajstić information content (AvgIpc) is 2.93. The van der Waals surface area contributed by atoms with Crippen LogP contribution in [0.2, 0.25) is 5.02 Å². The molecule has 1 spiro atoms. The molecule has 0 aromatic heterocycles. The minimum Gasteiger partial charge on any atom is -0.371 e. The standard InChI is InChI=1S/C15H19ClN2O3/c16-11-1-3-12(4-2-11)18-14(13(17)19)5-7-15(8-6-14)20-9-10-21-15/h1-4,18H,5-10H2,(H2,17,19). The summed E-state index contributed by atoms with van der Waals surface area (Å²) in [7, 11) is 0. The third-order valence-electron chi connectivity index (χ3n) is 4.38. The highest BCUT2D eigenvalue weighted by Crippen LogP contribution is 2.41. The Morgan fingerprint density at radius 3 is 2.19 bits per heavy atom. The number of benzene rings is 1. The Bertz CT molecular complexity index is 516. The molecular weight excluding hydrogens is 292 g/mol. The number of rotatable bonds is 3. The van der Waals surface area contributed by atoms with Crippen molar-refractivity contribution in [3.8, 4) is 0 Å². The number of anilines is 1. The van der Waals surface area contributed by atoms with Crippen molar-refractivity contribution >= 4 is 23.2 Å². The summed E-state index contributed by atoms with van der Waals surface area (Å²) >= 11 is 5.88. The van der Waals surface area contributed by atoms with Crippen LogP contribution in [-0.4, -0.2) is 30.4 Å². The predicted octanol–water partition coefficient (Wildman–Crippen LogP) is 2.29. The number of halogens is 1. The molecule has 6 heteroatoms. The molecule has 0 bridgehead atoms. The van der Waals surface area contributed by atoms with E-state index in [1.54, 1.807) is 12.1 Å². The second-order valence-corrected chi connectivity index (χ2v) is 6.12. The number of nitrogens with two attached hydrogens (primary N) is 1. The highest BCUT2D eigenvalue weighted by atomic mass is 35.5. The van der Waals surface area contributed by atoms with Gasteiger partial charge in [-0.25, -0.2) is 0 Å². The monoisotopic (exact) mass is 310 g/mol. The number of carbonyl (C=O) groups excluding carboxylic acids is 1. The van der Waals surface area contributed by atoms with E-state index in [1.807, 2.05) is 12.1 Å². The molecule has 1 heterocycles. The van der Waals surface area contributed by atoms with Gasteiger partial charge in [0.1, 0.15) is 5.54 Å². The number of primary amides is 1. The van der Waals surface area contributed by atoms with Crippen LogP contribution in [0.5, 0.6) is 0 Å². The number of carbonyl (C=O) groups is 1. The minimum atomic E-state index is -0.756. The molecule has 1 aliphatic carbocycles. The first-order chi connectivity index (χ1) is 10.0. The van der Waals surface area contributed by atoms with Gasteiger partial charge in [-0.1, -0.05) is 11.6 Å². The van der Waals surface area contributed by atoms with Crippen molar-refractivity contribution in [1.29, 1.82) is 0 Å². The van der Waals surface area contributed by atoms with E-state index >= 15 is 0 Å². The Morgan fingerprint density at radius 1 is 1.10 bits per heavy atom. The quantitative estimate of drug-likeness (QED) is 0.898. The summed E-state index contributed by atoms with van der Waals surface area (Å²) in [6.07, 6.45) is 2.50. The van der Waals surface area contributed by atoms with E-state index in [0.29, 0.717) is 43.9 Å². The van der Waals surface area contributed by atoms with Crippen molar-refractivity contribution in [3.63, 3.8) is 0 Å². The molecule has 2 fully saturated rings. The van der Waals surface area contributed by atoms with Gasteiger partial charge in [-0.2, -0.15) is 0 Å². The van der Waals surface area contributed by atoms with Crippen LogP contribution in [-0.2, 0) is 14.3 Å². The molecule has 0 unspecified atom stereocenters. The summed E-state index contributed by atoms with van der Waals surface area (Å²) in [5.41, 5.74) is 5.74. The Labute approximate surface area is 128 Å². The van der Waals surface area contributed by atoms with Gasteiger partial charge in [0.25, 0.3) is 0 Å². The molecule has 1 aromatic carbocycles. The zero-order valence-electron chi connectivity index (χ0n) is 11.7. The van der Waals surface area contributed by atoms with E-state index in [9.17, 15) is 4.79 Å². The van der Waals surface area contributed by atoms with Gasteiger partial charge in [0.2, 0.25) is 5.91 Å². The lowest BCUT2D eigenvalue weighted by atomic mass is 9.78. The van der Waals surface area contributed by atoms with Gasteiger partial charge >= 0.3 is 0 Å². The smallest absolute Gasteiger partial charge is 0.243 e. The lowest BCUT2D eigenvalue weighted by Gasteiger charge is -2.42. The first-order valence-corrected chi connectivity index (χ1v) is 7.53. The fourth-order valence-corrected chi connectivity index (χ4v) is 3.21. The van der Waals surface area contributed by atoms with E-state index in [4.69, 9.17) is 26.8 Å². The highest BCUT2D eigenvalue weighted by molar-refractivity contribution is 6.30. The van der Waals surface area contributed by atoms with E-state index < -0.39 is 11.3 Å². The number of nitrogens with one attached hydrogen (secondary N) is 1. The fourth-order valence-electron chi connectivity index (χ4n) is 3.09. The molecule has 2 aliphatic rings. The molecule has 3 N–H and O–H groups in total. The normalized spacial score (nSPS) is 23.1. The van der Waals surface area contributed by atoms with Gasteiger partial charge in [-0.3, -0.25) is 4.79 Å². The maximum absolute atomic E-state index is 12.0. The van der Waals surface area contributed by atoms with Crippen molar-refractivity contribution in [3.05, 3.63) is 29.3 Å².